The molecule has 1 atom stereocenters. The summed E-state index contributed by atoms with van der Waals surface area (Å²) in [5, 5.41) is 3.53. The highest BCUT2D eigenvalue weighted by atomic mass is 15.2. The van der Waals surface area contributed by atoms with E-state index in [0.717, 1.165) is 19.6 Å². The summed E-state index contributed by atoms with van der Waals surface area (Å²) in [6.45, 7) is 5.58. The molecule has 1 N–H and O–H groups in total. The summed E-state index contributed by atoms with van der Waals surface area (Å²) in [7, 11) is 4.18. The molecule has 1 aliphatic heterocycles. The Kier molecular flexibility index (Phi) is 3.89. The fourth-order valence-electron chi connectivity index (χ4n) is 2.24. The van der Waals surface area contributed by atoms with Gasteiger partial charge in [0.25, 0.3) is 0 Å². The molecule has 0 saturated carbocycles. The third kappa shape index (κ3) is 3.13. The lowest BCUT2D eigenvalue weighted by atomic mass is 10.2. The molecule has 0 spiro atoms. The van der Waals surface area contributed by atoms with Crippen LogP contribution in [0.1, 0.15) is 13.3 Å². The van der Waals surface area contributed by atoms with Gasteiger partial charge in [0.15, 0.2) is 0 Å². The van der Waals surface area contributed by atoms with Crippen molar-refractivity contribution in [3.05, 3.63) is 24.3 Å². The molecule has 0 bridgehead atoms. The topological polar surface area (TPSA) is 18.5 Å². The normalized spacial score (nSPS) is 21.1. The molecule has 1 unspecified atom stereocenters. The third-order valence-electron chi connectivity index (χ3n) is 3.42. The summed E-state index contributed by atoms with van der Waals surface area (Å²) < 4.78 is 0. The highest BCUT2D eigenvalue weighted by Gasteiger charge is 2.13. The number of nitrogens with zero attached hydrogens (tertiary/aromatic N) is 2. The molecule has 1 aliphatic rings. The predicted molar refractivity (Wildman–Crippen MR) is 75.1 cm³/mol. The number of nitrogens with one attached hydrogen (secondary N) is 1. The fraction of sp³-hybridized carbons (Fsp3) is 0.571. The Hall–Kier alpha value is -1.22. The number of hydrogen-bond donors (Lipinski definition) is 1. The molecule has 0 radical (unpaired) electrons. The number of anilines is 2. The van der Waals surface area contributed by atoms with E-state index >= 15 is 0 Å². The number of hydrogen-bond acceptors (Lipinski definition) is 3. The lowest BCUT2D eigenvalue weighted by Crippen LogP contribution is -2.29. The van der Waals surface area contributed by atoms with Gasteiger partial charge in [0.1, 0.15) is 0 Å². The molecule has 1 aromatic rings. The second-order valence-electron chi connectivity index (χ2n) is 5.05. The monoisotopic (exact) mass is 233 g/mol. The van der Waals surface area contributed by atoms with Crippen molar-refractivity contribution in [3.63, 3.8) is 0 Å². The standard InChI is InChI=1S/C14H23N3/c1-12-7-9-17(10-8-15-12)14-6-4-5-13(11-14)16(2)3/h4-6,11-12,15H,7-10H2,1-3H3. The van der Waals surface area contributed by atoms with Gasteiger partial charge in [-0.2, -0.15) is 0 Å². The van der Waals surface area contributed by atoms with Crippen LogP contribution in [0.25, 0.3) is 0 Å². The summed E-state index contributed by atoms with van der Waals surface area (Å²) in [6.07, 6.45) is 1.21. The molecule has 1 fully saturated rings. The van der Waals surface area contributed by atoms with E-state index in [-0.39, 0.29) is 0 Å². The first kappa shape index (κ1) is 12.2. The molecule has 1 saturated heterocycles. The van der Waals surface area contributed by atoms with Gasteiger partial charge in [-0.1, -0.05) is 6.07 Å². The Morgan fingerprint density at radius 1 is 1.29 bits per heavy atom. The van der Waals surface area contributed by atoms with E-state index < -0.39 is 0 Å². The van der Waals surface area contributed by atoms with E-state index in [2.05, 4.69) is 60.4 Å². The van der Waals surface area contributed by atoms with Crippen LogP contribution in [0.15, 0.2) is 24.3 Å². The predicted octanol–water partition coefficient (Wildman–Crippen LogP) is 1.94. The number of benzene rings is 1. The Morgan fingerprint density at radius 2 is 2.12 bits per heavy atom. The van der Waals surface area contributed by atoms with E-state index in [1.807, 2.05) is 0 Å². The first-order chi connectivity index (χ1) is 8.16. The van der Waals surface area contributed by atoms with E-state index in [1.54, 1.807) is 0 Å². The van der Waals surface area contributed by atoms with Crippen molar-refractivity contribution in [2.24, 2.45) is 0 Å². The van der Waals surface area contributed by atoms with Crippen LogP contribution in [-0.4, -0.2) is 39.8 Å². The summed E-state index contributed by atoms with van der Waals surface area (Å²) in [4.78, 5) is 4.63. The zero-order valence-corrected chi connectivity index (χ0v) is 11.1. The minimum Gasteiger partial charge on any atom is -0.378 e. The van der Waals surface area contributed by atoms with Gasteiger partial charge in [-0.3, -0.25) is 0 Å². The quantitative estimate of drug-likeness (QED) is 0.842. The lowest BCUT2D eigenvalue weighted by Gasteiger charge is -2.24. The fourth-order valence-corrected chi connectivity index (χ4v) is 2.24. The molecule has 3 nitrogen and oxygen atoms in total. The lowest BCUT2D eigenvalue weighted by molar-refractivity contribution is 0.566. The van der Waals surface area contributed by atoms with Gasteiger partial charge in [-0.25, -0.2) is 0 Å². The molecule has 17 heavy (non-hydrogen) atoms. The first-order valence-corrected chi connectivity index (χ1v) is 6.42. The maximum absolute atomic E-state index is 3.53. The summed E-state index contributed by atoms with van der Waals surface area (Å²) in [6, 6.07) is 9.42. The largest absolute Gasteiger partial charge is 0.378 e. The van der Waals surface area contributed by atoms with Gasteiger partial charge in [-0.05, 0) is 31.5 Å². The van der Waals surface area contributed by atoms with E-state index in [0.29, 0.717) is 6.04 Å². The third-order valence-corrected chi connectivity index (χ3v) is 3.42. The van der Waals surface area contributed by atoms with Crippen molar-refractivity contribution in [2.45, 2.75) is 19.4 Å². The van der Waals surface area contributed by atoms with Gasteiger partial charge in [0.05, 0.1) is 0 Å². The minimum atomic E-state index is 0.636. The summed E-state index contributed by atoms with van der Waals surface area (Å²) in [5.41, 5.74) is 2.61. The van der Waals surface area contributed by atoms with Gasteiger partial charge >= 0.3 is 0 Å². The van der Waals surface area contributed by atoms with Crippen LogP contribution >= 0.6 is 0 Å². The van der Waals surface area contributed by atoms with Crippen LogP contribution in [0.5, 0.6) is 0 Å². The number of rotatable bonds is 2. The van der Waals surface area contributed by atoms with Crippen LogP contribution in [0.2, 0.25) is 0 Å². The van der Waals surface area contributed by atoms with Crippen LogP contribution < -0.4 is 15.1 Å². The van der Waals surface area contributed by atoms with Crippen LogP contribution in [-0.2, 0) is 0 Å². The Balaban J connectivity index is 2.13. The molecule has 94 valence electrons. The Labute approximate surface area is 104 Å². The van der Waals surface area contributed by atoms with E-state index in [9.17, 15) is 0 Å². The molecule has 1 aromatic carbocycles. The molecular weight excluding hydrogens is 210 g/mol. The zero-order chi connectivity index (χ0) is 12.3. The Bertz CT molecular complexity index is 362. The molecule has 2 rings (SSSR count). The van der Waals surface area contributed by atoms with Crippen molar-refractivity contribution in [1.29, 1.82) is 0 Å². The summed E-state index contributed by atoms with van der Waals surface area (Å²) in [5.74, 6) is 0. The molecule has 0 aliphatic carbocycles. The van der Waals surface area contributed by atoms with Gasteiger partial charge in [-0.15, -0.1) is 0 Å². The van der Waals surface area contributed by atoms with Crippen molar-refractivity contribution >= 4 is 11.4 Å². The van der Waals surface area contributed by atoms with Crippen molar-refractivity contribution in [3.8, 4) is 0 Å². The molecule has 1 heterocycles. The zero-order valence-electron chi connectivity index (χ0n) is 11.1. The maximum Gasteiger partial charge on any atom is 0.0387 e. The second-order valence-corrected chi connectivity index (χ2v) is 5.05. The first-order valence-electron chi connectivity index (χ1n) is 6.42. The average molecular weight is 233 g/mol. The SMILES string of the molecule is CC1CCN(c2cccc(N(C)C)c2)CCN1. The highest BCUT2D eigenvalue weighted by molar-refractivity contribution is 5.58. The van der Waals surface area contributed by atoms with Crippen molar-refractivity contribution in [1.82, 2.24) is 5.32 Å². The van der Waals surface area contributed by atoms with Gasteiger partial charge in [0, 0.05) is 51.1 Å². The van der Waals surface area contributed by atoms with Crippen LogP contribution in [0.3, 0.4) is 0 Å². The molecule has 0 amide bonds. The van der Waals surface area contributed by atoms with Crippen LogP contribution in [0, 0.1) is 0 Å². The average Bonchev–Trinajstić information content (AvgIpc) is 2.54. The highest BCUT2D eigenvalue weighted by Crippen LogP contribution is 2.22. The maximum atomic E-state index is 3.53. The summed E-state index contributed by atoms with van der Waals surface area (Å²) >= 11 is 0. The smallest absolute Gasteiger partial charge is 0.0387 e. The van der Waals surface area contributed by atoms with Gasteiger partial charge in [0.2, 0.25) is 0 Å². The molecule has 3 heteroatoms. The van der Waals surface area contributed by atoms with Gasteiger partial charge < -0.3 is 15.1 Å². The van der Waals surface area contributed by atoms with E-state index in [4.69, 9.17) is 0 Å². The van der Waals surface area contributed by atoms with Crippen LogP contribution in [0.4, 0.5) is 11.4 Å². The molecule has 0 aromatic heterocycles. The van der Waals surface area contributed by atoms with E-state index in [1.165, 1.54) is 17.8 Å². The van der Waals surface area contributed by atoms with Crippen molar-refractivity contribution < 1.29 is 0 Å². The molecular formula is C14H23N3. The minimum absolute atomic E-state index is 0.636. The van der Waals surface area contributed by atoms with Crippen molar-refractivity contribution in [2.75, 3.05) is 43.5 Å². The second kappa shape index (κ2) is 5.41. The Morgan fingerprint density at radius 3 is 2.88 bits per heavy atom.